The van der Waals surface area contributed by atoms with E-state index in [1.54, 1.807) is 11.8 Å². The maximum atomic E-state index is 10.5. The second-order valence-corrected chi connectivity index (χ2v) is 5.55. The molecule has 0 saturated carbocycles. The van der Waals surface area contributed by atoms with Crippen LogP contribution in [-0.4, -0.2) is 31.7 Å². The highest BCUT2D eigenvalue weighted by Gasteiger charge is 2.12. The zero-order chi connectivity index (χ0) is 14.5. The number of nitro groups is 1. The van der Waals surface area contributed by atoms with Gasteiger partial charge in [0.15, 0.2) is 0 Å². The van der Waals surface area contributed by atoms with Crippen LogP contribution in [0.5, 0.6) is 0 Å². The van der Waals surface area contributed by atoms with Crippen LogP contribution in [0.2, 0.25) is 0 Å². The van der Waals surface area contributed by atoms with Gasteiger partial charge in [-0.15, -0.1) is 11.8 Å². The lowest BCUT2D eigenvalue weighted by Crippen LogP contribution is -2.18. The summed E-state index contributed by atoms with van der Waals surface area (Å²) in [5, 5.41) is 24.3. The molecule has 1 heterocycles. The first-order valence-electron chi connectivity index (χ1n) is 6.09. The van der Waals surface area contributed by atoms with Gasteiger partial charge in [-0.25, -0.2) is 0 Å². The fraction of sp³-hybridized carbons (Fsp3) is 0.308. The number of aryl methyl sites for hydroxylation is 1. The Morgan fingerprint density at radius 3 is 3.00 bits per heavy atom. The topological polar surface area (TPSA) is 81.2 Å². The quantitative estimate of drug-likeness (QED) is 0.502. The van der Waals surface area contributed by atoms with Crippen LogP contribution in [0.25, 0.3) is 0 Å². The molecule has 0 unspecified atom stereocenters. The summed E-state index contributed by atoms with van der Waals surface area (Å²) in [5.41, 5.74) is 1.11. The number of thioether (sulfide) groups is 1. The summed E-state index contributed by atoms with van der Waals surface area (Å²) in [7, 11) is 0. The van der Waals surface area contributed by atoms with Crippen LogP contribution in [0.4, 0.5) is 5.69 Å². The predicted octanol–water partition coefficient (Wildman–Crippen LogP) is 2.25. The van der Waals surface area contributed by atoms with E-state index in [1.165, 1.54) is 22.6 Å². The summed E-state index contributed by atoms with van der Waals surface area (Å²) < 4.78 is 1.39. The maximum absolute atomic E-state index is 10.5. The summed E-state index contributed by atoms with van der Waals surface area (Å²) in [4.78, 5) is 11.1. The van der Waals surface area contributed by atoms with Crippen LogP contribution in [0.15, 0.2) is 41.6 Å². The van der Waals surface area contributed by atoms with Crippen LogP contribution in [0, 0.1) is 17.0 Å². The van der Waals surface area contributed by atoms with Crippen molar-refractivity contribution in [2.24, 2.45) is 0 Å². The summed E-state index contributed by atoms with van der Waals surface area (Å²) in [6, 6.07) is 8.03. The number of aromatic nitrogens is 2. The number of nitrogens with zero attached hydrogens (tertiary/aromatic N) is 3. The van der Waals surface area contributed by atoms with Gasteiger partial charge in [-0.3, -0.25) is 14.8 Å². The SMILES string of the molecule is Cc1cccc(SC[C@H](O)Cn2cc([N+](=O)[O-])cn2)c1. The minimum absolute atomic E-state index is 0.0662. The van der Waals surface area contributed by atoms with Crippen molar-refractivity contribution in [3.05, 3.63) is 52.3 Å². The Morgan fingerprint density at radius 2 is 2.35 bits per heavy atom. The molecule has 0 bridgehead atoms. The molecule has 0 spiro atoms. The summed E-state index contributed by atoms with van der Waals surface area (Å²) in [6.07, 6.45) is 1.89. The molecule has 7 heteroatoms. The van der Waals surface area contributed by atoms with Crippen LogP contribution >= 0.6 is 11.8 Å². The van der Waals surface area contributed by atoms with Gasteiger partial charge in [0.25, 0.3) is 0 Å². The molecular formula is C13H15N3O3S. The largest absolute Gasteiger partial charge is 0.390 e. The third kappa shape index (κ3) is 4.07. The Kier molecular flexibility index (Phi) is 4.75. The second-order valence-electron chi connectivity index (χ2n) is 4.46. The molecule has 1 atom stereocenters. The molecule has 0 aliphatic rings. The van der Waals surface area contributed by atoms with Crippen molar-refractivity contribution in [1.29, 1.82) is 0 Å². The van der Waals surface area contributed by atoms with Crippen molar-refractivity contribution in [2.45, 2.75) is 24.5 Å². The number of aliphatic hydroxyl groups excluding tert-OH is 1. The molecule has 1 aromatic heterocycles. The van der Waals surface area contributed by atoms with E-state index in [0.717, 1.165) is 4.90 Å². The lowest BCUT2D eigenvalue weighted by Gasteiger charge is -2.10. The number of rotatable bonds is 6. The molecular weight excluding hydrogens is 278 g/mol. The number of hydrogen-bond acceptors (Lipinski definition) is 5. The van der Waals surface area contributed by atoms with Crippen molar-refractivity contribution in [3.63, 3.8) is 0 Å². The molecule has 2 aromatic rings. The standard InChI is InChI=1S/C13H15N3O3S/c1-10-3-2-4-13(5-10)20-9-12(17)8-15-7-11(6-14-15)16(18)19/h2-7,12,17H,8-9H2,1H3/t12-/m1/s1. The van der Waals surface area contributed by atoms with Gasteiger partial charge >= 0.3 is 5.69 Å². The molecule has 0 aliphatic heterocycles. The fourth-order valence-corrected chi connectivity index (χ4v) is 2.65. The minimum Gasteiger partial charge on any atom is -0.390 e. The Morgan fingerprint density at radius 1 is 1.55 bits per heavy atom. The first-order valence-corrected chi connectivity index (χ1v) is 7.07. The third-order valence-corrected chi connectivity index (χ3v) is 3.80. The fourth-order valence-electron chi connectivity index (χ4n) is 1.71. The number of aliphatic hydroxyl groups is 1. The Hall–Kier alpha value is -1.86. The van der Waals surface area contributed by atoms with Gasteiger partial charge in [-0.05, 0) is 19.1 Å². The molecule has 0 saturated heterocycles. The molecule has 2 rings (SSSR count). The summed E-state index contributed by atoms with van der Waals surface area (Å²) in [6.45, 7) is 2.26. The molecule has 1 aromatic carbocycles. The van der Waals surface area contributed by atoms with Gasteiger partial charge in [-0.2, -0.15) is 5.10 Å². The highest BCUT2D eigenvalue weighted by Crippen LogP contribution is 2.20. The van der Waals surface area contributed by atoms with Gasteiger partial charge in [0.2, 0.25) is 0 Å². The highest BCUT2D eigenvalue weighted by molar-refractivity contribution is 7.99. The number of hydrogen-bond donors (Lipinski definition) is 1. The molecule has 1 N–H and O–H groups in total. The van der Waals surface area contributed by atoms with E-state index in [9.17, 15) is 15.2 Å². The van der Waals surface area contributed by atoms with Crippen molar-refractivity contribution >= 4 is 17.4 Å². The van der Waals surface area contributed by atoms with Gasteiger partial charge < -0.3 is 5.11 Å². The van der Waals surface area contributed by atoms with Gasteiger partial charge in [0.1, 0.15) is 12.4 Å². The predicted molar refractivity (Wildman–Crippen MR) is 76.8 cm³/mol. The van der Waals surface area contributed by atoms with Crippen molar-refractivity contribution < 1.29 is 10.0 Å². The van der Waals surface area contributed by atoms with Crippen LogP contribution in [0.1, 0.15) is 5.56 Å². The van der Waals surface area contributed by atoms with E-state index in [2.05, 4.69) is 11.2 Å². The van der Waals surface area contributed by atoms with E-state index < -0.39 is 11.0 Å². The van der Waals surface area contributed by atoms with E-state index in [-0.39, 0.29) is 12.2 Å². The average Bonchev–Trinajstić information content (AvgIpc) is 2.85. The van der Waals surface area contributed by atoms with Gasteiger partial charge in [0.05, 0.1) is 17.6 Å². The molecule has 20 heavy (non-hydrogen) atoms. The minimum atomic E-state index is -0.611. The number of benzene rings is 1. The Balaban J connectivity index is 1.85. The summed E-state index contributed by atoms with van der Waals surface area (Å²) in [5.74, 6) is 0.511. The average molecular weight is 293 g/mol. The van der Waals surface area contributed by atoms with Crippen molar-refractivity contribution in [3.8, 4) is 0 Å². The maximum Gasteiger partial charge on any atom is 0.306 e. The zero-order valence-corrected chi connectivity index (χ0v) is 11.8. The van der Waals surface area contributed by atoms with E-state index in [0.29, 0.717) is 5.75 Å². The molecule has 0 amide bonds. The van der Waals surface area contributed by atoms with Crippen molar-refractivity contribution in [2.75, 3.05) is 5.75 Å². The monoisotopic (exact) mass is 293 g/mol. The van der Waals surface area contributed by atoms with Crippen LogP contribution < -0.4 is 0 Å². The normalized spacial score (nSPS) is 12.3. The van der Waals surface area contributed by atoms with Crippen molar-refractivity contribution in [1.82, 2.24) is 9.78 Å². The third-order valence-electron chi connectivity index (χ3n) is 2.66. The molecule has 0 radical (unpaired) electrons. The lowest BCUT2D eigenvalue weighted by atomic mass is 10.2. The molecule has 106 valence electrons. The Labute approximate surface area is 120 Å². The highest BCUT2D eigenvalue weighted by atomic mass is 32.2. The van der Waals surface area contributed by atoms with Crippen LogP contribution in [-0.2, 0) is 6.54 Å². The van der Waals surface area contributed by atoms with E-state index in [1.807, 2.05) is 25.1 Å². The van der Waals surface area contributed by atoms with Crippen LogP contribution in [0.3, 0.4) is 0 Å². The molecule has 6 nitrogen and oxygen atoms in total. The molecule has 0 fully saturated rings. The molecule has 0 aliphatic carbocycles. The van der Waals surface area contributed by atoms with Gasteiger partial charge in [0, 0.05) is 10.6 Å². The zero-order valence-electron chi connectivity index (χ0n) is 11.0. The van der Waals surface area contributed by atoms with Gasteiger partial charge in [-0.1, -0.05) is 17.7 Å². The first kappa shape index (κ1) is 14.5. The van der Waals surface area contributed by atoms with E-state index in [4.69, 9.17) is 0 Å². The lowest BCUT2D eigenvalue weighted by molar-refractivity contribution is -0.385. The smallest absolute Gasteiger partial charge is 0.306 e. The summed E-state index contributed by atoms with van der Waals surface area (Å²) >= 11 is 1.55. The Bertz CT molecular complexity index is 600. The first-order chi connectivity index (χ1) is 9.54. The second kappa shape index (κ2) is 6.53. The van der Waals surface area contributed by atoms with E-state index >= 15 is 0 Å².